The molecule has 0 amide bonds. The molecule has 1 heterocycles. The molecule has 0 aromatic carbocycles. The van der Waals surface area contributed by atoms with Crippen molar-refractivity contribution in [2.45, 2.75) is 13.8 Å². The van der Waals surface area contributed by atoms with Gasteiger partial charge in [0, 0.05) is 25.4 Å². The number of hydrogen-bond donors (Lipinski definition) is 0. The molecule has 0 atom stereocenters. The minimum Gasteiger partial charge on any atom is -0.355 e. The molecule has 0 radical (unpaired) electrons. The van der Waals surface area contributed by atoms with Crippen LogP contribution in [0.1, 0.15) is 19.4 Å². The SMILES string of the molecule is C=C/C(=C\C=C/C)CN(C)c1ncccc1C(=C)C. The van der Waals surface area contributed by atoms with Gasteiger partial charge in [-0.2, -0.15) is 0 Å². The zero-order chi connectivity index (χ0) is 14.3. The molecular formula is C17H22N2. The van der Waals surface area contributed by atoms with Crippen molar-refractivity contribution in [1.82, 2.24) is 4.98 Å². The maximum absolute atomic E-state index is 4.45. The fraction of sp³-hybridized carbons (Fsp3) is 0.235. The lowest BCUT2D eigenvalue weighted by Gasteiger charge is -2.21. The van der Waals surface area contributed by atoms with Crippen LogP contribution in [0, 0.1) is 0 Å². The molecule has 0 unspecified atom stereocenters. The van der Waals surface area contributed by atoms with E-state index in [1.165, 1.54) is 0 Å². The van der Waals surface area contributed by atoms with Crippen molar-refractivity contribution >= 4 is 11.4 Å². The van der Waals surface area contributed by atoms with Crippen LogP contribution in [0.2, 0.25) is 0 Å². The highest BCUT2D eigenvalue weighted by Crippen LogP contribution is 2.23. The Labute approximate surface area is 116 Å². The topological polar surface area (TPSA) is 16.1 Å². The lowest BCUT2D eigenvalue weighted by atomic mass is 10.1. The second-order valence-corrected chi connectivity index (χ2v) is 4.48. The van der Waals surface area contributed by atoms with Gasteiger partial charge in [-0.15, -0.1) is 0 Å². The maximum atomic E-state index is 4.45. The van der Waals surface area contributed by atoms with Gasteiger partial charge in [0.05, 0.1) is 0 Å². The van der Waals surface area contributed by atoms with Gasteiger partial charge >= 0.3 is 0 Å². The molecule has 0 saturated heterocycles. The average molecular weight is 254 g/mol. The molecule has 2 nitrogen and oxygen atoms in total. The first-order valence-electron chi connectivity index (χ1n) is 6.36. The molecule has 1 rings (SSSR count). The minimum absolute atomic E-state index is 0.769. The van der Waals surface area contributed by atoms with Crippen LogP contribution in [0.5, 0.6) is 0 Å². The molecule has 100 valence electrons. The quantitative estimate of drug-likeness (QED) is 0.706. The number of hydrogen-bond acceptors (Lipinski definition) is 2. The highest BCUT2D eigenvalue weighted by Gasteiger charge is 2.09. The molecule has 1 aromatic rings. The van der Waals surface area contributed by atoms with Crippen LogP contribution in [0.4, 0.5) is 5.82 Å². The van der Waals surface area contributed by atoms with E-state index in [-0.39, 0.29) is 0 Å². The van der Waals surface area contributed by atoms with Gasteiger partial charge in [-0.3, -0.25) is 0 Å². The predicted molar refractivity (Wildman–Crippen MR) is 85.3 cm³/mol. The van der Waals surface area contributed by atoms with E-state index in [2.05, 4.69) is 29.1 Å². The van der Waals surface area contributed by atoms with Crippen LogP contribution >= 0.6 is 0 Å². The smallest absolute Gasteiger partial charge is 0.136 e. The Kier molecular flexibility index (Phi) is 5.80. The van der Waals surface area contributed by atoms with Crippen molar-refractivity contribution in [3.8, 4) is 0 Å². The molecule has 0 saturated carbocycles. The molecule has 0 aliphatic carbocycles. The summed E-state index contributed by atoms with van der Waals surface area (Å²) in [5.41, 5.74) is 3.26. The van der Waals surface area contributed by atoms with Gasteiger partial charge in [0.1, 0.15) is 5.82 Å². The number of nitrogens with zero attached hydrogens (tertiary/aromatic N) is 2. The van der Waals surface area contributed by atoms with E-state index < -0.39 is 0 Å². The van der Waals surface area contributed by atoms with Gasteiger partial charge in [0.15, 0.2) is 0 Å². The van der Waals surface area contributed by atoms with E-state index in [0.29, 0.717) is 0 Å². The van der Waals surface area contributed by atoms with Gasteiger partial charge < -0.3 is 4.90 Å². The monoisotopic (exact) mass is 254 g/mol. The number of rotatable bonds is 6. The van der Waals surface area contributed by atoms with Crippen LogP contribution in [0.3, 0.4) is 0 Å². The Morgan fingerprint density at radius 2 is 2.21 bits per heavy atom. The largest absolute Gasteiger partial charge is 0.355 e. The summed E-state index contributed by atoms with van der Waals surface area (Å²) in [6.07, 6.45) is 9.76. The molecule has 19 heavy (non-hydrogen) atoms. The van der Waals surface area contributed by atoms with Crippen molar-refractivity contribution in [3.05, 3.63) is 66.9 Å². The van der Waals surface area contributed by atoms with Gasteiger partial charge in [-0.1, -0.05) is 37.5 Å². The Morgan fingerprint density at radius 3 is 2.79 bits per heavy atom. The Morgan fingerprint density at radius 1 is 1.47 bits per heavy atom. The predicted octanol–water partition coefficient (Wildman–Crippen LogP) is 4.24. The summed E-state index contributed by atoms with van der Waals surface area (Å²) in [6, 6.07) is 3.98. The van der Waals surface area contributed by atoms with E-state index in [4.69, 9.17) is 0 Å². The number of likely N-dealkylation sites (N-methyl/N-ethyl adjacent to an activating group) is 1. The summed E-state index contributed by atoms with van der Waals surface area (Å²) < 4.78 is 0. The first-order valence-corrected chi connectivity index (χ1v) is 6.36. The van der Waals surface area contributed by atoms with Gasteiger partial charge in [-0.25, -0.2) is 4.98 Å². The standard InChI is InChI=1S/C17H22N2/c1-6-8-10-15(7-2)13-19(5)17-16(14(3)4)11-9-12-18-17/h6-12H,2-3,13H2,1,4-5H3/b8-6-,15-10+. The number of pyridine rings is 1. The van der Waals surface area contributed by atoms with Gasteiger partial charge in [0.2, 0.25) is 0 Å². The summed E-state index contributed by atoms with van der Waals surface area (Å²) in [7, 11) is 2.03. The van der Waals surface area contributed by atoms with Crippen molar-refractivity contribution in [2.75, 3.05) is 18.5 Å². The van der Waals surface area contributed by atoms with Gasteiger partial charge in [-0.05, 0) is 37.1 Å². The fourth-order valence-corrected chi connectivity index (χ4v) is 1.79. The van der Waals surface area contributed by atoms with E-state index in [9.17, 15) is 0 Å². The first kappa shape index (κ1) is 15.0. The Bertz CT molecular complexity index is 510. The molecular weight excluding hydrogens is 232 g/mol. The van der Waals surface area contributed by atoms with Crippen molar-refractivity contribution in [3.63, 3.8) is 0 Å². The minimum atomic E-state index is 0.769. The van der Waals surface area contributed by atoms with Crippen molar-refractivity contribution < 1.29 is 0 Å². The van der Waals surface area contributed by atoms with Crippen LogP contribution in [-0.4, -0.2) is 18.6 Å². The third kappa shape index (κ3) is 4.25. The van der Waals surface area contributed by atoms with E-state index in [0.717, 1.165) is 29.1 Å². The first-order chi connectivity index (χ1) is 9.10. The average Bonchev–Trinajstić information content (AvgIpc) is 2.43. The van der Waals surface area contributed by atoms with Crippen molar-refractivity contribution in [2.24, 2.45) is 0 Å². The van der Waals surface area contributed by atoms with Gasteiger partial charge in [0.25, 0.3) is 0 Å². The molecule has 1 aromatic heterocycles. The molecule has 0 N–H and O–H groups in total. The highest BCUT2D eigenvalue weighted by molar-refractivity contribution is 5.71. The van der Waals surface area contributed by atoms with E-state index in [1.807, 2.05) is 57.5 Å². The van der Waals surface area contributed by atoms with Crippen molar-refractivity contribution in [1.29, 1.82) is 0 Å². The molecule has 0 aliphatic rings. The van der Waals surface area contributed by atoms with Crippen LogP contribution in [-0.2, 0) is 0 Å². The molecule has 0 spiro atoms. The summed E-state index contributed by atoms with van der Waals surface area (Å²) in [4.78, 5) is 6.57. The third-order valence-corrected chi connectivity index (χ3v) is 2.79. The lowest BCUT2D eigenvalue weighted by Crippen LogP contribution is -2.22. The molecule has 0 fully saturated rings. The number of allylic oxidation sites excluding steroid dienone is 4. The summed E-state index contributed by atoms with van der Waals surface area (Å²) in [6.45, 7) is 12.6. The Hall–Kier alpha value is -2.09. The summed E-state index contributed by atoms with van der Waals surface area (Å²) in [5, 5.41) is 0. The van der Waals surface area contributed by atoms with E-state index >= 15 is 0 Å². The molecule has 0 bridgehead atoms. The number of anilines is 1. The second-order valence-electron chi connectivity index (χ2n) is 4.48. The second kappa shape index (κ2) is 7.37. The zero-order valence-electron chi connectivity index (χ0n) is 12.1. The fourth-order valence-electron chi connectivity index (χ4n) is 1.79. The molecule has 2 heteroatoms. The highest BCUT2D eigenvalue weighted by atomic mass is 15.2. The third-order valence-electron chi connectivity index (χ3n) is 2.79. The zero-order valence-corrected chi connectivity index (χ0v) is 12.1. The van der Waals surface area contributed by atoms with Crippen LogP contribution in [0.25, 0.3) is 5.57 Å². The molecule has 0 aliphatic heterocycles. The maximum Gasteiger partial charge on any atom is 0.136 e. The summed E-state index contributed by atoms with van der Waals surface area (Å²) >= 11 is 0. The lowest BCUT2D eigenvalue weighted by molar-refractivity contribution is 0.963. The number of aromatic nitrogens is 1. The summed E-state index contributed by atoms with van der Waals surface area (Å²) in [5.74, 6) is 0.947. The van der Waals surface area contributed by atoms with E-state index in [1.54, 1.807) is 0 Å². The Balaban J connectivity index is 2.97. The normalized spacial score (nSPS) is 11.6. The van der Waals surface area contributed by atoms with Crippen LogP contribution in [0.15, 0.2) is 61.4 Å². The van der Waals surface area contributed by atoms with Crippen LogP contribution < -0.4 is 4.90 Å².